The Morgan fingerprint density at radius 1 is 0.887 bits per heavy atom. The molecule has 16 nitrogen and oxygen atoms in total. The molecule has 1 atom stereocenters. The number of nitrogens with zero attached hydrogens (tertiary/aromatic N) is 9. The average molecular weight is 845 g/mol. The lowest BCUT2D eigenvalue weighted by Gasteiger charge is -2.40. The fourth-order valence-corrected chi connectivity index (χ4v) is 8.29. The summed E-state index contributed by atoms with van der Waals surface area (Å²) < 4.78 is 20.7. The van der Waals surface area contributed by atoms with Crippen molar-refractivity contribution in [3.63, 3.8) is 0 Å². The molecule has 0 radical (unpaired) electrons. The van der Waals surface area contributed by atoms with Gasteiger partial charge in [-0.1, -0.05) is 38.1 Å². The van der Waals surface area contributed by atoms with Gasteiger partial charge in [-0.2, -0.15) is 9.37 Å². The van der Waals surface area contributed by atoms with Crippen molar-refractivity contribution < 1.29 is 23.3 Å². The Bertz CT molecular complexity index is 2420. The van der Waals surface area contributed by atoms with Gasteiger partial charge in [-0.25, -0.2) is 19.7 Å². The van der Waals surface area contributed by atoms with Crippen LogP contribution in [0.5, 0.6) is 0 Å². The van der Waals surface area contributed by atoms with Crippen molar-refractivity contribution in [2.24, 2.45) is 5.92 Å². The number of piperidine rings is 1. The van der Waals surface area contributed by atoms with Crippen LogP contribution in [-0.4, -0.2) is 100 Å². The van der Waals surface area contributed by atoms with E-state index in [0.29, 0.717) is 47.7 Å². The zero-order valence-corrected chi connectivity index (χ0v) is 35.8. The van der Waals surface area contributed by atoms with Crippen molar-refractivity contribution in [3.8, 4) is 11.3 Å². The Labute approximate surface area is 360 Å². The largest absolute Gasteiger partial charge is 0.372 e. The molecule has 3 aromatic heterocycles. The van der Waals surface area contributed by atoms with Gasteiger partial charge in [0.1, 0.15) is 18.0 Å². The van der Waals surface area contributed by atoms with Crippen molar-refractivity contribution in [3.05, 3.63) is 95.8 Å². The first-order valence-corrected chi connectivity index (χ1v) is 21.2. The Hall–Kier alpha value is -6.49. The number of benzene rings is 2. The van der Waals surface area contributed by atoms with Gasteiger partial charge >= 0.3 is 17.8 Å². The molecule has 0 aliphatic carbocycles. The first kappa shape index (κ1) is 42.2. The number of urea groups is 1. The Kier molecular flexibility index (Phi) is 12.2. The lowest BCUT2D eigenvalue weighted by atomic mass is 9.95. The summed E-state index contributed by atoms with van der Waals surface area (Å²) in [7, 11) is 0. The summed E-state index contributed by atoms with van der Waals surface area (Å²) in [4.78, 5) is 62.5. The third-order valence-electron chi connectivity index (χ3n) is 11.8. The van der Waals surface area contributed by atoms with Crippen molar-refractivity contribution >= 4 is 46.5 Å². The van der Waals surface area contributed by atoms with Gasteiger partial charge in [0.25, 0.3) is 0 Å². The maximum atomic E-state index is 15.5. The van der Waals surface area contributed by atoms with E-state index < -0.39 is 11.9 Å². The van der Waals surface area contributed by atoms with Gasteiger partial charge in [0, 0.05) is 87.2 Å². The molecule has 0 unspecified atom stereocenters. The van der Waals surface area contributed by atoms with Crippen LogP contribution in [0.3, 0.4) is 0 Å². The summed E-state index contributed by atoms with van der Waals surface area (Å²) >= 11 is 0. The van der Waals surface area contributed by atoms with Crippen LogP contribution in [-0.2, 0) is 10.2 Å². The number of hydrogen-bond donors (Lipinski definition) is 3. The molecule has 3 N–H and O–H groups in total. The lowest BCUT2D eigenvalue weighted by molar-refractivity contribution is -0.120. The maximum Gasteiger partial charge on any atom is 0.328 e. The molecular formula is C45H53FN12O4. The van der Waals surface area contributed by atoms with Gasteiger partial charge in [-0.15, -0.1) is 0 Å². The summed E-state index contributed by atoms with van der Waals surface area (Å²) in [6.45, 7) is 16.2. The Balaban J connectivity index is 0.798. The lowest BCUT2D eigenvalue weighted by Crippen LogP contribution is -2.49. The highest BCUT2D eigenvalue weighted by atomic mass is 19.1. The number of hydrogen-bond acceptors (Lipinski definition) is 13. The number of nitrogens with one attached hydrogen (secondary N) is 3. The predicted molar refractivity (Wildman–Crippen MR) is 234 cm³/mol. The predicted octanol–water partition coefficient (Wildman–Crippen LogP) is 6.39. The van der Waals surface area contributed by atoms with E-state index >= 15 is 4.39 Å². The minimum absolute atomic E-state index is 0.0744. The highest BCUT2D eigenvalue weighted by Gasteiger charge is 2.28. The van der Waals surface area contributed by atoms with Crippen LogP contribution in [0, 0.1) is 18.8 Å². The van der Waals surface area contributed by atoms with E-state index in [-0.39, 0.29) is 29.3 Å². The quantitative estimate of drug-likeness (QED) is 0.125. The van der Waals surface area contributed by atoms with Crippen LogP contribution in [0.4, 0.5) is 37.9 Å². The van der Waals surface area contributed by atoms with E-state index in [4.69, 9.17) is 4.52 Å². The number of amides is 4. The Morgan fingerprint density at radius 3 is 2.31 bits per heavy atom. The van der Waals surface area contributed by atoms with E-state index in [1.165, 1.54) is 6.33 Å². The summed E-state index contributed by atoms with van der Waals surface area (Å²) in [5.74, 6) is 0.599. The molecule has 8 rings (SSSR count). The fourth-order valence-electron chi connectivity index (χ4n) is 8.29. The highest BCUT2D eigenvalue weighted by Crippen LogP contribution is 2.30. The number of aryl methyl sites for hydroxylation is 1. The minimum atomic E-state index is -0.534. The van der Waals surface area contributed by atoms with Crippen LogP contribution in [0.2, 0.25) is 0 Å². The number of anilines is 5. The minimum Gasteiger partial charge on any atom is -0.372 e. The van der Waals surface area contributed by atoms with E-state index in [9.17, 15) is 14.4 Å². The number of aromatic nitrogens is 5. The third-order valence-corrected chi connectivity index (χ3v) is 11.8. The fraction of sp³-hybridized carbons (Fsp3) is 0.422. The first-order chi connectivity index (χ1) is 29.8. The maximum absolute atomic E-state index is 15.5. The third kappa shape index (κ3) is 9.67. The van der Waals surface area contributed by atoms with Gasteiger partial charge < -0.3 is 25.0 Å². The van der Waals surface area contributed by atoms with E-state index in [1.807, 2.05) is 65.0 Å². The molecule has 17 heteroatoms. The smallest absolute Gasteiger partial charge is 0.328 e. The summed E-state index contributed by atoms with van der Waals surface area (Å²) in [5.41, 5.74) is 5.49. The number of carbonyl (C=O) groups excluding carboxylic acids is 3. The van der Waals surface area contributed by atoms with Crippen LogP contribution >= 0.6 is 0 Å². The normalized spacial score (nSPS) is 17.2. The molecular weight excluding hydrogens is 792 g/mol. The number of imide groups is 1. The molecule has 3 aliphatic heterocycles. The van der Waals surface area contributed by atoms with Crippen LogP contribution in [0.1, 0.15) is 80.6 Å². The van der Waals surface area contributed by atoms with E-state index in [1.54, 1.807) is 23.1 Å². The summed E-state index contributed by atoms with van der Waals surface area (Å²) in [6, 6.07) is 18.5. The second kappa shape index (κ2) is 17.8. The van der Waals surface area contributed by atoms with Crippen molar-refractivity contribution in [1.82, 2.24) is 40.6 Å². The standard InChI is InChI=1S/C45H53FN12O4/c1-28-24-31(6-11-34(28)29(2)49-41(60)42-53-43(54-62-42)45(3,4)5)35-25-38(48-27-47-35)50-37-13-12-36(40(46)51-37)57-22-20-55(21-23-57)26-30-14-17-56(18-15-30)32-7-9-33(10-8-32)58-19-16-39(59)52-44(58)61/h6-13,24-25,27,29-30H,14-23,26H2,1-5H3,(H,49,60)(H,52,59,61)(H,47,48,50,51)/t29-/m1/s1. The van der Waals surface area contributed by atoms with Gasteiger partial charge in [0.05, 0.1) is 17.4 Å². The van der Waals surface area contributed by atoms with Crippen LogP contribution in [0.25, 0.3) is 11.3 Å². The summed E-state index contributed by atoms with van der Waals surface area (Å²) in [5, 5.41) is 12.4. The highest BCUT2D eigenvalue weighted by molar-refractivity contribution is 6.05. The van der Waals surface area contributed by atoms with Crippen molar-refractivity contribution in [2.75, 3.05) is 72.4 Å². The molecule has 0 bridgehead atoms. The molecule has 4 amide bonds. The molecule has 324 valence electrons. The van der Waals surface area contributed by atoms with Gasteiger partial charge in [0.15, 0.2) is 5.82 Å². The number of carbonyl (C=O) groups is 3. The molecule has 5 aromatic rings. The molecule has 0 spiro atoms. The van der Waals surface area contributed by atoms with E-state index in [2.05, 4.69) is 67.9 Å². The number of pyridine rings is 1. The van der Waals surface area contributed by atoms with Gasteiger partial charge in [-0.05, 0) is 86.2 Å². The van der Waals surface area contributed by atoms with Crippen molar-refractivity contribution in [2.45, 2.75) is 65.3 Å². The monoisotopic (exact) mass is 844 g/mol. The molecule has 3 fully saturated rings. The van der Waals surface area contributed by atoms with Gasteiger partial charge in [0.2, 0.25) is 11.9 Å². The number of halogens is 1. The average Bonchev–Trinajstić information content (AvgIpc) is 3.77. The second-order valence-corrected chi connectivity index (χ2v) is 17.3. The van der Waals surface area contributed by atoms with Crippen LogP contribution in [0.15, 0.2) is 71.5 Å². The topological polar surface area (TPSA) is 178 Å². The van der Waals surface area contributed by atoms with Crippen LogP contribution < -0.4 is 30.7 Å². The van der Waals surface area contributed by atoms with E-state index in [0.717, 1.165) is 86.7 Å². The zero-order chi connectivity index (χ0) is 43.5. The second-order valence-electron chi connectivity index (χ2n) is 17.3. The molecule has 3 saturated heterocycles. The first-order valence-electron chi connectivity index (χ1n) is 21.2. The number of piperazine rings is 1. The van der Waals surface area contributed by atoms with Gasteiger partial charge in [-0.3, -0.25) is 24.7 Å². The molecule has 0 saturated carbocycles. The SMILES string of the molecule is Cc1cc(-c2cc(Nc3ccc(N4CCN(CC5CCN(c6ccc(N7CCC(=O)NC7=O)cc6)CC5)CC4)c(F)n3)ncn2)ccc1[C@@H](C)NC(=O)c1nc(C(C)(C)C)no1. The van der Waals surface area contributed by atoms with Crippen molar-refractivity contribution in [1.29, 1.82) is 0 Å². The molecule has 62 heavy (non-hydrogen) atoms. The molecule has 2 aromatic carbocycles. The zero-order valence-electron chi connectivity index (χ0n) is 35.8. The molecule has 3 aliphatic rings. The summed E-state index contributed by atoms with van der Waals surface area (Å²) in [6.07, 6.45) is 3.94. The Morgan fingerprint density at radius 2 is 1.63 bits per heavy atom. The number of rotatable bonds is 11. The molecule has 6 heterocycles.